The lowest BCUT2D eigenvalue weighted by Crippen LogP contribution is -2.47. The first-order chi connectivity index (χ1) is 14.3. The number of carbonyl (C=O) groups excluding carboxylic acids is 2. The van der Waals surface area contributed by atoms with E-state index in [0.29, 0.717) is 5.56 Å². The number of halogens is 2. The van der Waals surface area contributed by atoms with Crippen LogP contribution in [0.4, 0.5) is 4.39 Å². The molecule has 156 valence electrons. The van der Waals surface area contributed by atoms with Crippen molar-refractivity contribution in [2.75, 3.05) is 0 Å². The lowest BCUT2D eigenvalue weighted by Gasteiger charge is -2.33. The molecular weight excluding hydrogens is 407 g/mol. The van der Waals surface area contributed by atoms with Crippen LogP contribution in [-0.2, 0) is 16.1 Å². The largest absolute Gasteiger partial charge is 0.352 e. The smallest absolute Gasteiger partial charge is 0.223 e. The summed E-state index contributed by atoms with van der Waals surface area (Å²) in [7, 11) is 0. The van der Waals surface area contributed by atoms with E-state index in [4.69, 9.17) is 18.0 Å². The molecule has 2 aromatic rings. The predicted molar refractivity (Wildman–Crippen MR) is 112 cm³/mol. The molecule has 1 aliphatic rings. The summed E-state index contributed by atoms with van der Waals surface area (Å²) in [5.41, 5.74) is 1.70. The molecule has 1 aromatic carbocycles. The van der Waals surface area contributed by atoms with Gasteiger partial charge < -0.3 is 10.6 Å². The number of aromatic nitrogens is 1. The number of nitrogens with one attached hydrogen (secondary N) is 3. The maximum atomic E-state index is 15.3. The molecule has 0 saturated carbocycles. The molecule has 1 aromatic heterocycles. The van der Waals surface area contributed by atoms with E-state index in [9.17, 15) is 9.59 Å². The highest BCUT2D eigenvalue weighted by Crippen LogP contribution is 2.32. The standard InChI is InChI=1S/C22H22ClFN4O2/c1-4-13-7-15(10-25-9-13)17-8-18(29)28-21(27-17)19-16(23)6-5-14(20(19)24)11-26-22(30)12(2)3/h1,5-7,9-10,12,17,21,27H,8,11H2,2-3H3,(H,26,30)(H,28,29). The molecular formula is C22H22ClFN4O2. The quantitative estimate of drug-likeness (QED) is 0.639. The van der Waals surface area contributed by atoms with Crippen molar-refractivity contribution in [3.8, 4) is 12.3 Å². The first-order valence-electron chi connectivity index (χ1n) is 9.51. The van der Waals surface area contributed by atoms with Gasteiger partial charge in [0.2, 0.25) is 11.8 Å². The summed E-state index contributed by atoms with van der Waals surface area (Å²) in [6.07, 6.45) is 7.90. The van der Waals surface area contributed by atoms with Crippen LogP contribution in [0.3, 0.4) is 0 Å². The van der Waals surface area contributed by atoms with Gasteiger partial charge in [0.25, 0.3) is 0 Å². The summed E-state index contributed by atoms with van der Waals surface area (Å²) < 4.78 is 15.3. The Kier molecular flexibility index (Phi) is 6.70. The van der Waals surface area contributed by atoms with Crippen molar-refractivity contribution < 1.29 is 14.0 Å². The molecule has 6 nitrogen and oxygen atoms in total. The van der Waals surface area contributed by atoms with Gasteiger partial charge in [-0.3, -0.25) is 19.9 Å². The third-order valence-electron chi connectivity index (χ3n) is 4.86. The number of amides is 2. The normalized spacial score (nSPS) is 18.6. The van der Waals surface area contributed by atoms with Crippen LogP contribution in [0.5, 0.6) is 0 Å². The summed E-state index contributed by atoms with van der Waals surface area (Å²) in [5, 5.41) is 8.79. The van der Waals surface area contributed by atoms with Crippen LogP contribution in [0.25, 0.3) is 0 Å². The van der Waals surface area contributed by atoms with Gasteiger partial charge in [-0.1, -0.05) is 37.4 Å². The molecule has 0 spiro atoms. The van der Waals surface area contributed by atoms with E-state index < -0.39 is 18.0 Å². The van der Waals surface area contributed by atoms with E-state index in [2.05, 4.69) is 26.9 Å². The number of pyridine rings is 1. The lowest BCUT2D eigenvalue weighted by atomic mass is 9.98. The number of hydrogen-bond donors (Lipinski definition) is 3. The van der Waals surface area contributed by atoms with Crippen molar-refractivity contribution in [2.24, 2.45) is 5.92 Å². The average Bonchev–Trinajstić information content (AvgIpc) is 2.72. The Morgan fingerprint density at radius 3 is 2.90 bits per heavy atom. The van der Waals surface area contributed by atoms with Crippen molar-refractivity contribution >= 4 is 23.4 Å². The van der Waals surface area contributed by atoms with Crippen LogP contribution in [0.1, 0.15) is 54.7 Å². The molecule has 1 fully saturated rings. The van der Waals surface area contributed by atoms with Crippen molar-refractivity contribution in [2.45, 2.75) is 39.0 Å². The van der Waals surface area contributed by atoms with Gasteiger partial charge in [0.15, 0.2) is 0 Å². The van der Waals surface area contributed by atoms with Gasteiger partial charge in [-0.25, -0.2) is 4.39 Å². The Balaban J connectivity index is 1.88. The van der Waals surface area contributed by atoms with Crippen molar-refractivity contribution in [1.82, 2.24) is 20.9 Å². The van der Waals surface area contributed by atoms with Crippen LogP contribution in [0.2, 0.25) is 5.02 Å². The molecule has 2 unspecified atom stereocenters. The van der Waals surface area contributed by atoms with Gasteiger partial charge in [0.05, 0.1) is 5.02 Å². The molecule has 3 rings (SSSR count). The summed E-state index contributed by atoms with van der Waals surface area (Å²) >= 11 is 6.28. The summed E-state index contributed by atoms with van der Waals surface area (Å²) in [6, 6.07) is 4.42. The number of nitrogens with zero attached hydrogens (tertiary/aromatic N) is 1. The monoisotopic (exact) mass is 428 g/mol. The Morgan fingerprint density at radius 1 is 1.43 bits per heavy atom. The van der Waals surface area contributed by atoms with Crippen LogP contribution in [0.15, 0.2) is 30.6 Å². The van der Waals surface area contributed by atoms with Crippen molar-refractivity contribution in [1.29, 1.82) is 0 Å². The van der Waals surface area contributed by atoms with Crippen LogP contribution in [0, 0.1) is 24.1 Å². The number of terminal acetylenes is 1. The Bertz CT molecular complexity index is 1020. The molecule has 3 N–H and O–H groups in total. The third-order valence-corrected chi connectivity index (χ3v) is 5.19. The van der Waals surface area contributed by atoms with Crippen molar-refractivity contribution in [3.63, 3.8) is 0 Å². The maximum absolute atomic E-state index is 15.3. The molecule has 8 heteroatoms. The molecule has 0 radical (unpaired) electrons. The van der Waals surface area contributed by atoms with Crippen LogP contribution in [-0.4, -0.2) is 16.8 Å². The maximum Gasteiger partial charge on any atom is 0.223 e. The summed E-state index contributed by atoms with van der Waals surface area (Å²) in [4.78, 5) is 28.3. The zero-order valence-corrected chi connectivity index (χ0v) is 17.4. The second-order valence-corrected chi connectivity index (χ2v) is 7.79. The van der Waals surface area contributed by atoms with Crippen molar-refractivity contribution in [3.05, 3.63) is 63.7 Å². The Hall–Kier alpha value is -2.95. The highest BCUT2D eigenvalue weighted by atomic mass is 35.5. The predicted octanol–water partition coefficient (Wildman–Crippen LogP) is 2.98. The van der Waals surface area contributed by atoms with E-state index in [1.54, 1.807) is 38.4 Å². The van der Waals surface area contributed by atoms with Crippen LogP contribution < -0.4 is 16.0 Å². The lowest BCUT2D eigenvalue weighted by molar-refractivity contribution is -0.125. The molecule has 30 heavy (non-hydrogen) atoms. The molecule has 1 aliphatic heterocycles. The minimum absolute atomic E-state index is 0.0191. The van der Waals surface area contributed by atoms with Gasteiger partial charge in [0.1, 0.15) is 12.0 Å². The van der Waals surface area contributed by atoms with E-state index in [0.717, 1.165) is 5.56 Å². The van der Waals surface area contributed by atoms with E-state index in [1.807, 2.05) is 0 Å². The first kappa shape index (κ1) is 21.8. The third kappa shape index (κ3) is 4.78. The highest BCUT2D eigenvalue weighted by molar-refractivity contribution is 6.31. The number of rotatable bonds is 5. The Morgan fingerprint density at radius 2 is 2.20 bits per heavy atom. The fraction of sp³-hybridized carbons (Fsp3) is 0.318. The summed E-state index contributed by atoms with van der Waals surface area (Å²) in [6.45, 7) is 3.53. The summed E-state index contributed by atoms with van der Waals surface area (Å²) in [5.74, 6) is 1.27. The number of hydrogen-bond acceptors (Lipinski definition) is 4. The van der Waals surface area contributed by atoms with E-state index in [-0.39, 0.29) is 46.8 Å². The van der Waals surface area contributed by atoms with Gasteiger partial charge in [-0.15, -0.1) is 6.42 Å². The second kappa shape index (κ2) is 9.24. The number of benzene rings is 1. The first-order valence-corrected chi connectivity index (χ1v) is 9.89. The zero-order chi connectivity index (χ0) is 21.8. The van der Waals surface area contributed by atoms with Crippen LogP contribution >= 0.6 is 11.6 Å². The molecule has 0 bridgehead atoms. The van der Waals surface area contributed by atoms with Gasteiger partial charge >= 0.3 is 0 Å². The van der Waals surface area contributed by atoms with E-state index >= 15 is 4.39 Å². The highest BCUT2D eigenvalue weighted by Gasteiger charge is 2.31. The molecule has 0 aliphatic carbocycles. The minimum Gasteiger partial charge on any atom is -0.352 e. The fourth-order valence-corrected chi connectivity index (χ4v) is 3.46. The average molecular weight is 429 g/mol. The number of carbonyl (C=O) groups is 2. The molecule has 2 atom stereocenters. The Labute approximate surface area is 179 Å². The van der Waals surface area contributed by atoms with Gasteiger partial charge in [-0.2, -0.15) is 0 Å². The van der Waals surface area contributed by atoms with E-state index in [1.165, 1.54) is 6.07 Å². The SMILES string of the molecule is C#Cc1cncc(C2CC(=O)NC(c3c(Cl)ccc(CNC(=O)C(C)C)c3F)N2)c1. The fourth-order valence-electron chi connectivity index (χ4n) is 3.21. The minimum atomic E-state index is -0.848. The zero-order valence-electron chi connectivity index (χ0n) is 16.6. The molecule has 2 amide bonds. The topological polar surface area (TPSA) is 83.1 Å². The van der Waals surface area contributed by atoms with Gasteiger partial charge in [-0.05, 0) is 17.7 Å². The molecule has 1 saturated heterocycles. The van der Waals surface area contributed by atoms with Gasteiger partial charge in [0, 0.05) is 54.0 Å². The molecule has 2 heterocycles. The second-order valence-electron chi connectivity index (χ2n) is 7.38.